The van der Waals surface area contributed by atoms with Gasteiger partial charge in [0.05, 0.1) is 12.8 Å². The molecule has 9 nitrogen and oxygen atoms in total. The van der Waals surface area contributed by atoms with Crippen molar-refractivity contribution in [1.82, 2.24) is 29.9 Å². The summed E-state index contributed by atoms with van der Waals surface area (Å²) in [6.07, 6.45) is 4.15. The number of rotatable bonds is 6. The number of methoxy groups -OCH3 is 1. The Balaban J connectivity index is 1.53. The molecular weight excluding hydrogens is 370 g/mol. The van der Waals surface area contributed by atoms with Gasteiger partial charge in [0.15, 0.2) is 17.0 Å². The summed E-state index contributed by atoms with van der Waals surface area (Å²) in [5, 5.41) is 8.63. The minimum Gasteiger partial charge on any atom is -0.497 e. The largest absolute Gasteiger partial charge is 0.497 e. The molecule has 2 aromatic heterocycles. The molecule has 0 aliphatic carbocycles. The van der Waals surface area contributed by atoms with E-state index in [0.29, 0.717) is 30.7 Å². The van der Waals surface area contributed by atoms with Crippen molar-refractivity contribution in [3.05, 3.63) is 30.6 Å². The van der Waals surface area contributed by atoms with Crippen LogP contribution in [0.25, 0.3) is 16.9 Å². The first-order chi connectivity index (χ1) is 14.2. The Bertz CT molecular complexity index is 978. The predicted octanol–water partition coefficient (Wildman–Crippen LogP) is 2.06. The van der Waals surface area contributed by atoms with Gasteiger partial charge in [-0.05, 0) is 30.7 Å². The number of benzene rings is 1. The smallest absolute Gasteiger partial charge is 0.222 e. The van der Waals surface area contributed by atoms with Gasteiger partial charge in [0.1, 0.15) is 12.1 Å². The van der Waals surface area contributed by atoms with Gasteiger partial charge in [0.2, 0.25) is 5.91 Å². The molecule has 1 aromatic carbocycles. The summed E-state index contributed by atoms with van der Waals surface area (Å²) >= 11 is 0. The van der Waals surface area contributed by atoms with Crippen LogP contribution in [0.15, 0.2) is 30.6 Å². The molecule has 0 unspecified atom stereocenters. The summed E-state index contributed by atoms with van der Waals surface area (Å²) in [5.74, 6) is 1.78. The van der Waals surface area contributed by atoms with Gasteiger partial charge in [0.25, 0.3) is 0 Å². The van der Waals surface area contributed by atoms with Gasteiger partial charge in [-0.2, -0.15) is 4.68 Å². The Kier molecular flexibility index (Phi) is 5.55. The highest BCUT2D eigenvalue weighted by atomic mass is 16.5. The highest BCUT2D eigenvalue weighted by Gasteiger charge is 2.24. The van der Waals surface area contributed by atoms with E-state index in [1.165, 1.54) is 0 Å². The first kappa shape index (κ1) is 19.1. The molecule has 1 fully saturated rings. The van der Waals surface area contributed by atoms with E-state index in [1.54, 1.807) is 18.1 Å². The van der Waals surface area contributed by atoms with E-state index in [2.05, 4.69) is 32.1 Å². The lowest BCUT2D eigenvalue weighted by molar-refractivity contribution is -0.131. The Morgan fingerprint density at radius 2 is 1.86 bits per heavy atom. The van der Waals surface area contributed by atoms with Gasteiger partial charge >= 0.3 is 0 Å². The van der Waals surface area contributed by atoms with Gasteiger partial charge in [0, 0.05) is 32.6 Å². The van der Waals surface area contributed by atoms with E-state index in [-0.39, 0.29) is 5.91 Å². The first-order valence-electron chi connectivity index (χ1n) is 9.95. The number of nitrogens with zero attached hydrogens (tertiary/aromatic N) is 7. The number of amides is 1. The molecule has 3 heterocycles. The highest BCUT2D eigenvalue weighted by molar-refractivity contribution is 5.84. The Morgan fingerprint density at radius 3 is 2.55 bits per heavy atom. The van der Waals surface area contributed by atoms with Crippen LogP contribution in [0.5, 0.6) is 5.75 Å². The van der Waals surface area contributed by atoms with Gasteiger partial charge in [-0.1, -0.05) is 18.6 Å². The second-order valence-corrected chi connectivity index (χ2v) is 7.04. The molecule has 0 spiro atoms. The van der Waals surface area contributed by atoms with Crippen LogP contribution in [-0.2, 0) is 4.79 Å². The van der Waals surface area contributed by atoms with Gasteiger partial charge < -0.3 is 14.5 Å². The number of carbonyl (C=O) groups is 1. The SMILES string of the molecule is CCCCC(=O)N1CCN(c2ncnc3c2nnn3-c2ccc(OC)cc2)CC1. The van der Waals surface area contributed by atoms with Crippen molar-refractivity contribution < 1.29 is 9.53 Å². The predicted molar refractivity (Wildman–Crippen MR) is 109 cm³/mol. The fraction of sp³-hybridized carbons (Fsp3) is 0.450. The molecular formula is C20H25N7O2. The van der Waals surface area contributed by atoms with E-state index in [4.69, 9.17) is 4.74 Å². The van der Waals surface area contributed by atoms with Crippen LogP contribution < -0.4 is 9.64 Å². The standard InChI is InChI=1S/C20H25N7O2/c1-3-4-5-17(28)25-10-12-26(13-11-25)19-18-20(22-14-21-19)27(24-23-18)15-6-8-16(29-2)9-7-15/h6-9,14H,3-5,10-13H2,1-2H3. The van der Waals surface area contributed by atoms with E-state index < -0.39 is 0 Å². The van der Waals surface area contributed by atoms with Crippen molar-refractivity contribution in [1.29, 1.82) is 0 Å². The maximum absolute atomic E-state index is 12.3. The van der Waals surface area contributed by atoms with Crippen LogP contribution in [0.4, 0.5) is 5.82 Å². The summed E-state index contributed by atoms with van der Waals surface area (Å²) in [4.78, 5) is 25.2. The second-order valence-electron chi connectivity index (χ2n) is 7.04. The average Bonchev–Trinajstić information content (AvgIpc) is 3.22. The van der Waals surface area contributed by atoms with E-state index in [0.717, 1.165) is 43.2 Å². The molecule has 1 amide bonds. The molecule has 29 heavy (non-hydrogen) atoms. The van der Waals surface area contributed by atoms with Crippen LogP contribution in [0.2, 0.25) is 0 Å². The maximum Gasteiger partial charge on any atom is 0.222 e. The Hall–Kier alpha value is -3.23. The fourth-order valence-electron chi connectivity index (χ4n) is 3.52. The molecule has 0 radical (unpaired) electrons. The van der Waals surface area contributed by atoms with Crippen molar-refractivity contribution >= 4 is 22.9 Å². The van der Waals surface area contributed by atoms with Crippen LogP contribution >= 0.6 is 0 Å². The molecule has 9 heteroatoms. The summed E-state index contributed by atoms with van der Waals surface area (Å²) in [6, 6.07) is 7.57. The Labute approximate surface area is 169 Å². The molecule has 0 N–H and O–H groups in total. The zero-order valence-electron chi connectivity index (χ0n) is 16.8. The van der Waals surface area contributed by atoms with Crippen molar-refractivity contribution in [2.75, 3.05) is 38.2 Å². The number of ether oxygens (including phenoxy) is 1. The quantitative estimate of drug-likeness (QED) is 0.631. The third-order valence-electron chi connectivity index (χ3n) is 5.21. The lowest BCUT2D eigenvalue weighted by atomic mass is 10.2. The summed E-state index contributed by atoms with van der Waals surface area (Å²) in [7, 11) is 1.64. The number of anilines is 1. The molecule has 0 atom stereocenters. The minimum absolute atomic E-state index is 0.241. The number of carbonyl (C=O) groups excluding carboxylic acids is 1. The number of fused-ring (bicyclic) bond motifs is 1. The zero-order valence-corrected chi connectivity index (χ0v) is 16.8. The van der Waals surface area contributed by atoms with Crippen LogP contribution in [0.3, 0.4) is 0 Å². The minimum atomic E-state index is 0.241. The Morgan fingerprint density at radius 1 is 1.10 bits per heavy atom. The lowest BCUT2D eigenvalue weighted by Gasteiger charge is -2.35. The first-order valence-corrected chi connectivity index (χ1v) is 9.95. The molecule has 1 aliphatic rings. The molecule has 0 bridgehead atoms. The fourth-order valence-corrected chi connectivity index (χ4v) is 3.52. The van der Waals surface area contributed by atoms with Gasteiger partial charge in [-0.3, -0.25) is 4.79 Å². The van der Waals surface area contributed by atoms with Crippen molar-refractivity contribution in [2.24, 2.45) is 0 Å². The topological polar surface area (TPSA) is 89.3 Å². The zero-order chi connectivity index (χ0) is 20.2. The number of aromatic nitrogens is 5. The van der Waals surface area contributed by atoms with E-state index >= 15 is 0 Å². The van der Waals surface area contributed by atoms with E-state index in [9.17, 15) is 4.79 Å². The summed E-state index contributed by atoms with van der Waals surface area (Å²) in [6.45, 7) is 4.94. The highest BCUT2D eigenvalue weighted by Crippen LogP contribution is 2.24. The third kappa shape index (κ3) is 3.85. The summed E-state index contributed by atoms with van der Waals surface area (Å²) < 4.78 is 6.91. The average molecular weight is 395 g/mol. The summed E-state index contributed by atoms with van der Waals surface area (Å²) in [5.41, 5.74) is 2.17. The monoisotopic (exact) mass is 395 g/mol. The third-order valence-corrected chi connectivity index (χ3v) is 5.21. The number of hydrogen-bond acceptors (Lipinski definition) is 7. The second kappa shape index (κ2) is 8.42. The van der Waals surface area contributed by atoms with Crippen molar-refractivity contribution in [2.45, 2.75) is 26.2 Å². The van der Waals surface area contributed by atoms with Crippen LogP contribution in [-0.4, -0.2) is 69.1 Å². The van der Waals surface area contributed by atoms with Gasteiger partial charge in [-0.25, -0.2) is 9.97 Å². The normalized spacial score (nSPS) is 14.4. The van der Waals surface area contributed by atoms with Crippen LogP contribution in [0, 0.1) is 0 Å². The maximum atomic E-state index is 12.3. The molecule has 0 saturated carbocycles. The molecule has 152 valence electrons. The van der Waals surface area contributed by atoms with Crippen molar-refractivity contribution in [3.63, 3.8) is 0 Å². The number of hydrogen-bond donors (Lipinski definition) is 0. The molecule has 3 aromatic rings. The van der Waals surface area contributed by atoms with Crippen LogP contribution in [0.1, 0.15) is 26.2 Å². The van der Waals surface area contributed by atoms with Gasteiger partial charge in [-0.15, -0.1) is 5.10 Å². The lowest BCUT2D eigenvalue weighted by Crippen LogP contribution is -2.49. The molecule has 1 aliphatic heterocycles. The van der Waals surface area contributed by atoms with E-state index in [1.807, 2.05) is 29.2 Å². The molecule has 4 rings (SSSR count). The van der Waals surface area contributed by atoms with Crippen molar-refractivity contribution in [3.8, 4) is 11.4 Å². The number of piperazine rings is 1. The molecule has 1 saturated heterocycles. The number of unbranched alkanes of at least 4 members (excludes halogenated alkanes) is 1.